The Morgan fingerprint density at radius 3 is 1.85 bits per heavy atom. The fourth-order valence-corrected chi connectivity index (χ4v) is 5.41. The van der Waals surface area contributed by atoms with Gasteiger partial charge in [-0.1, -0.05) is 107 Å². The minimum absolute atomic E-state index is 0.0719. The van der Waals surface area contributed by atoms with Gasteiger partial charge < -0.3 is 15.7 Å². The van der Waals surface area contributed by atoms with Crippen LogP contribution in [-0.2, 0) is 14.4 Å². The molecule has 0 saturated heterocycles. The number of carbonyl (C=O) groups excluding carboxylic acids is 2. The summed E-state index contributed by atoms with van der Waals surface area (Å²) < 4.78 is 0. The van der Waals surface area contributed by atoms with E-state index in [2.05, 4.69) is 73.0 Å². The second-order valence-corrected chi connectivity index (χ2v) is 10.8. The number of hydrogen-bond donors (Lipinski definition) is 3. The summed E-state index contributed by atoms with van der Waals surface area (Å²) in [7, 11) is 0. The van der Waals surface area contributed by atoms with E-state index in [0.717, 1.165) is 12.8 Å². The van der Waals surface area contributed by atoms with Crippen molar-refractivity contribution in [3.05, 3.63) is 59.7 Å². The number of benzene rings is 2. The summed E-state index contributed by atoms with van der Waals surface area (Å²) in [5.74, 6) is -0.681. The quantitative estimate of drug-likeness (QED) is 0.177. The van der Waals surface area contributed by atoms with Gasteiger partial charge in [-0.2, -0.15) is 0 Å². The van der Waals surface area contributed by atoms with Crippen molar-refractivity contribution in [3.8, 4) is 11.1 Å². The van der Waals surface area contributed by atoms with Crippen molar-refractivity contribution in [1.29, 1.82) is 0 Å². The number of hydrogen-bond acceptors (Lipinski definition) is 3. The summed E-state index contributed by atoms with van der Waals surface area (Å²) in [5.41, 5.74) is 5.86. The fourth-order valence-electron chi connectivity index (χ4n) is 5.41. The lowest BCUT2D eigenvalue weighted by atomic mass is 9.95. The zero-order valence-corrected chi connectivity index (χ0v) is 24.8. The van der Waals surface area contributed by atoms with Gasteiger partial charge in [-0.05, 0) is 54.4 Å². The van der Waals surface area contributed by atoms with Crippen LogP contribution in [0.15, 0.2) is 48.5 Å². The molecule has 1 unspecified atom stereocenters. The SMILES string of the molecule is CCC1c2ccccc2-c2ccccc21.CCCCCCCCCCC(=O)NCCCCC(NC(C)=O)C(=O)O. The van der Waals surface area contributed by atoms with Crippen LogP contribution in [0.4, 0.5) is 0 Å². The number of unbranched alkanes of at least 4 members (excludes halogenated alkanes) is 8. The number of carboxylic acid groups (broad SMARTS) is 1. The molecule has 1 aliphatic carbocycles. The third kappa shape index (κ3) is 11.5. The molecule has 0 fully saturated rings. The highest BCUT2D eigenvalue weighted by Crippen LogP contribution is 2.45. The lowest BCUT2D eigenvalue weighted by molar-refractivity contribution is -0.141. The minimum Gasteiger partial charge on any atom is -0.480 e. The molecule has 40 heavy (non-hydrogen) atoms. The van der Waals surface area contributed by atoms with Gasteiger partial charge in [-0.15, -0.1) is 0 Å². The van der Waals surface area contributed by atoms with Gasteiger partial charge in [0.15, 0.2) is 0 Å². The lowest BCUT2D eigenvalue weighted by Crippen LogP contribution is -2.39. The van der Waals surface area contributed by atoms with E-state index < -0.39 is 12.0 Å². The highest BCUT2D eigenvalue weighted by molar-refractivity contribution is 5.82. The molecule has 0 spiro atoms. The van der Waals surface area contributed by atoms with Crippen LogP contribution in [0.5, 0.6) is 0 Å². The number of fused-ring (bicyclic) bond motifs is 3. The van der Waals surface area contributed by atoms with Crippen LogP contribution in [0.3, 0.4) is 0 Å². The van der Waals surface area contributed by atoms with Crippen LogP contribution in [0.1, 0.15) is 121 Å². The smallest absolute Gasteiger partial charge is 0.326 e. The number of rotatable bonds is 17. The Labute approximate surface area is 241 Å². The van der Waals surface area contributed by atoms with E-state index in [0.29, 0.717) is 38.1 Å². The van der Waals surface area contributed by atoms with E-state index in [1.165, 1.54) is 74.1 Å². The van der Waals surface area contributed by atoms with E-state index in [4.69, 9.17) is 5.11 Å². The topological polar surface area (TPSA) is 95.5 Å². The Morgan fingerprint density at radius 1 is 0.775 bits per heavy atom. The first kappa shape index (κ1) is 33.1. The van der Waals surface area contributed by atoms with Crippen molar-refractivity contribution in [2.75, 3.05) is 6.54 Å². The van der Waals surface area contributed by atoms with Crippen molar-refractivity contribution in [3.63, 3.8) is 0 Å². The molecule has 0 aromatic heterocycles. The highest BCUT2D eigenvalue weighted by Gasteiger charge is 2.26. The second kappa shape index (κ2) is 19.0. The third-order valence-electron chi connectivity index (χ3n) is 7.55. The molecule has 6 nitrogen and oxygen atoms in total. The molecule has 1 aliphatic rings. The molecule has 2 amide bonds. The molecule has 220 valence electrons. The van der Waals surface area contributed by atoms with Gasteiger partial charge >= 0.3 is 5.97 Å². The molecule has 2 aromatic rings. The molecule has 0 heterocycles. The number of carbonyl (C=O) groups is 3. The molecule has 3 rings (SSSR count). The Bertz CT molecular complexity index is 1010. The first-order valence-electron chi connectivity index (χ1n) is 15.3. The zero-order chi connectivity index (χ0) is 29.2. The molecule has 1 atom stereocenters. The van der Waals surface area contributed by atoms with Gasteiger partial charge in [-0.3, -0.25) is 9.59 Å². The van der Waals surface area contributed by atoms with E-state index in [1.54, 1.807) is 0 Å². The summed E-state index contributed by atoms with van der Waals surface area (Å²) in [4.78, 5) is 33.6. The van der Waals surface area contributed by atoms with Gasteiger partial charge in [0.05, 0.1) is 0 Å². The Hall–Kier alpha value is -3.15. The molecule has 0 bridgehead atoms. The van der Waals surface area contributed by atoms with Gasteiger partial charge in [0.1, 0.15) is 6.04 Å². The first-order chi connectivity index (χ1) is 19.4. The van der Waals surface area contributed by atoms with E-state index in [1.807, 2.05) is 0 Å². The van der Waals surface area contributed by atoms with Crippen molar-refractivity contribution in [1.82, 2.24) is 10.6 Å². The predicted molar refractivity (Wildman–Crippen MR) is 163 cm³/mol. The van der Waals surface area contributed by atoms with Crippen molar-refractivity contribution in [2.45, 2.75) is 116 Å². The molecule has 2 aromatic carbocycles. The monoisotopic (exact) mass is 550 g/mol. The van der Waals surface area contributed by atoms with E-state index in [-0.39, 0.29) is 11.8 Å². The third-order valence-corrected chi connectivity index (χ3v) is 7.55. The average Bonchev–Trinajstić information content (AvgIpc) is 3.27. The van der Waals surface area contributed by atoms with Crippen LogP contribution in [-0.4, -0.2) is 35.5 Å². The van der Waals surface area contributed by atoms with Crippen molar-refractivity contribution < 1.29 is 19.5 Å². The van der Waals surface area contributed by atoms with Gasteiger partial charge in [0.25, 0.3) is 0 Å². The number of nitrogens with one attached hydrogen (secondary N) is 2. The maximum absolute atomic E-state index is 11.7. The summed E-state index contributed by atoms with van der Waals surface area (Å²) >= 11 is 0. The van der Waals surface area contributed by atoms with Crippen LogP contribution in [0, 0.1) is 0 Å². The van der Waals surface area contributed by atoms with Crippen LogP contribution < -0.4 is 10.6 Å². The van der Waals surface area contributed by atoms with Gasteiger partial charge in [0, 0.05) is 25.8 Å². The molecule has 6 heteroatoms. The van der Waals surface area contributed by atoms with Crippen molar-refractivity contribution >= 4 is 17.8 Å². The first-order valence-corrected chi connectivity index (χ1v) is 15.3. The average molecular weight is 551 g/mol. The maximum atomic E-state index is 11.7. The Balaban J connectivity index is 0.000000312. The second-order valence-electron chi connectivity index (χ2n) is 10.8. The molecular formula is C34H50N2O4. The number of carboxylic acids is 1. The summed E-state index contributed by atoms with van der Waals surface area (Å²) in [6, 6.07) is 16.7. The lowest BCUT2D eigenvalue weighted by Gasteiger charge is -2.13. The van der Waals surface area contributed by atoms with E-state index >= 15 is 0 Å². The summed E-state index contributed by atoms with van der Waals surface area (Å²) in [5, 5.41) is 14.3. The molecule has 0 radical (unpaired) electrons. The Kier molecular flexibility index (Phi) is 15.7. The number of aliphatic carboxylic acids is 1. The molecule has 0 aliphatic heterocycles. The Morgan fingerprint density at radius 2 is 1.32 bits per heavy atom. The van der Waals surface area contributed by atoms with Crippen LogP contribution >= 0.6 is 0 Å². The van der Waals surface area contributed by atoms with Crippen LogP contribution in [0.25, 0.3) is 11.1 Å². The normalized spacial score (nSPS) is 12.5. The van der Waals surface area contributed by atoms with E-state index in [9.17, 15) is 14.4 Å². The molecule has 3 N–H and O–H groups in total. The molecule has 0 saturated carbocycles. The highest BCUT2D eigenvalue weighted by atomic mass is 16.4. The largest absolute Gasteiger partial charge is 0.480 e. The molecular weight excluding hydrogens is 500 g/mol. The van der Waals surface area contributed by atoms with Crippen molar-refractivity contribution in [2.24, 2.45) is 0 Å². The summed E-state index contributed by atoms with van der Waals surface area (Å²) in [6.45, 7) is 6.35. The fraction of sp³-hybridized carbons (Fsp3) is 0.559. The maximum Gasteiger partial charge on any atom is 0.326 e. The zero-order valence-electron chi connectivity index (χ0n) is 24.8. The van der Waals surface area contributed by atoms with Crippen LogP contribution in [0.2, 0.25) is 0 Å². The standard InChI is InChI=1S/C19H36N2O4.C15H14/c1-3-4-5-6-7-8-9-10-14-18(23)20-15-12-11-13-17(19(24)25)21-16(2)22;1-2-11-12-7-3-5-9-14(12)15-10-6-4-8-13(11)15/h17H,3-15H2,1-2H3,(H,20,23)(H,21,22)(H,24,25);3-11H,2H2,1H3. The number of amides is 2. The minimum atomic E-state index is -1.02. The summed E-state index contributed by atoms with van der Waals surface area (Å²) in [6.07, 6.45) is 13.2. The van der Waals surface area contributed by atoms with Gasteiger partial charge in [0.2, 0.25) is 11.8 Å². The predicted octanol–water partition coefficient (Wildman–Crippen LogP) is 7.60. The van der Waals surface area contributed by atoms with Gasteiger partial charge in [-0.25, -0.2) is 4.79 Å².